The lowest BCUT2D eigenvalue weighted by Crippen LogP contribution is -2.12. The van der Waals surface area contributed by atoms with Gasteiger partial charge in [-0.05, 0) is 48.3 Å². The van der Waals surface area contributed by atoms with Gasteiger partial charge < -0.3 is 4.74 Å². The second kappa shape index (κ2) is 6.65. The van der Waals surface area contributed by atoms with Crippen molar-refractivity contribution in [1.29, 1.82) is 0 Å². The van der Waals surface area contributed by atoms with Crippen LogP contribution in [0.4, 0.5) is 0 Å². The zero-order chi connectivity index (χ0) is 14.6. The number of hydrogen-bond acceptors (Lipinski definition) is 1. The average molecular weight is 283 g/mol. The monoisotopic (exact) mass is 282 g/mol. The van der Waals surface area contributed by atoms with Gasteiger partial charge in [-0.2, -0.15) is 0 Å². The number of halogens is 1. The van der Waals surface area contributed by atoms with Crippen LogP contribution in [-0.2, 0) is 0 Å². The van der Waals surface area contributed by atoms with Gasteiger partial charge in [0.2, 0.25) is 0 Å². The van der Waals surface area contributed by atoms with Gasteiger partial charge in [-0.15, -0.1) is 11.6 Å². The van der Waals surface area contributed by atoms with Gasteiger partial charge >= 0.3 is 0 Å². The topological polar surface area (TPSA) is 9.23 Å². The lowest BCUT2D eigenvalue weighted by Gasteiger charge is -2.25. The maximum absolute atomic E-state index is 6.56. The van der Waals surface area contributed by atoms with E-state index in [1.165, 1.54) is 12.0 Å². The summed E-state index contributed by atoms with van der Waals surface area (Å²) in [5.74, 6) is 1.56. The predicted molar refractivity (Wildman–Crippen MR) is 84.2 cm³/mol. The zero-order valence-electron chi connectivity index (χ0n) is 13.1. The summed E-state index contributed by atoms with van der Waals surface area (Å²) in [5, 5.41) is 0.0851. The Morgan fingerprint density at radius 3 is 2.37 bits per heavy atom. The highest BCUT2D eigenvalue weighted by Gasteiger charge is 2.19. The average Bonchev–Trinajstić information content (AvgIpc) is 2.26. The fraction of sp³-hybridized carbons (Fsp3) is 0.647. The highest BCUT2D eigenvalue weighted by molar-refractivity contribution is 6.20. The van der Waals surface area contributed by atoms with Crippen molar-refractivity contribution in [2.45, 2.75) is 52.8 Å². The second-order valence-corrected chi connectivity index (χ2v) is 7.33. The molecule has 0 saturated heterocycles. The van der Waals surface area contributed by atoms with Crippen molar-refractivity contribution in [3.63, 3.8) is 0 Å². The first-order valence-electron chi connectivity index (χ1n) is 7.01. The fourth-order valence-electron chi connectivity index (χ4n) is 2.71. The van der Waals surface area contributed by atoms with Crippen LogP contribution >= 0.6 is 11.6 Å². The molecular weight excluding hydrogens is 256 g/mol. The summed E-state index contributed by atoms with van der Waals surface area (Å²) in [5.41, 5.74) is 2.71. The van der Waals surface area contributed by atoms with Crippen molar-refractivity contribution >= 4 is 11.6 Å². The Labute approximate surface area is 123 Å². The van der Waals surface area contributed by atoms with Gasteiger partial charge in [-0.1, -0.05) is 39.8 Å². The molecule has 1 aromatic rings. The third-order valence-electron chi connectivity index (χ3n) is 3.35. The molecule has 0 saturated carbocycles. The molecule has 0 heterocycles. The third kappa shape index (κ3) is 5.44. The number of alkyl halides is 1. The van der Waals surface area contributed by atoms with Crippen LogP contribution in [-0.4, -0.2) is 7.11 Å². The van der Waals surface area contributed by atoms with E-state index in [-0.39, 0.29) is 5.38 Å². The summed E-state index contributed by atoms with van der Waals surface area (Å²) >= 11 is 6.56. The molecule has 0 aliphatic heterocycles. The minimum absolute atomic E-state index is 0.0851. The van der Waals surface area contributed by atoms with Gasteiger partial charge in [0.25, 0.3) is 0 Å². The first-order valence-corrected chi connectivity index (χ1v) is 7.45. The molecule has 19 heavy (non-hydrogen) atoms. The number of aryl methyl sites for hydroxylation is 1. The van der Waals surface area contributed by atoms with Crippen LogP contribution in [0, 0.1) is 18.3 Å². The van der Waals surface area contributed by atoms with Crippen LogP contribution in [0.3, 0.4) is 0 Å². The molecule has 0 aliphatic carbocycles. The largest absolute Gasteiger partial charge is 0.496 e. The molecule has 0 fully saturated rings. The van der Waals surface area contributed by atoms with E-state index in [0.29, 0.717) is 11.3 Å². The van der Waals surface area contributed by atoms with Crippen LogP contribution in [0.25, 0.3) is 0 Å². The molecule has 1 rings (SSSR count). The number of methoxy groups -OCH3 is 1. The normalized spacial score (nSPS) is 15.1. The smallest absolute Gasteiger partial charge is 0.121 e. The van der Waals surface area contributed by atoms with Gasteiger partial charge in [0.15, 0.2) is 0 Å². The Morgan fingerprint density at radius 1 is 1.26 bits per heavy atom. The van der Waals surface area contributed by atoms with Gasteiger partial charge in [0.1, 0.15) is 5.75 Å². The van der Waals surface area contributed by atoms with Crippen molar-refractivity contribution in [2.24, 2.45) is 11.3 Å². The van der Waals surface area contributed by atoms with Crippen LogP contribution in [0.5, 0.6) is 5.75 Å². The van der Waals surface area contributed by atoms with Crippen molar-refractivity contribution < 1.29 is 4.74 Å². The summed E-state index contributed by atoms with van der Waals surface area (Å²) in [6.45, 7) is 11.2. The van der Waals surface area contributed by atoms with Crippen molar-refractivity contribution in [3.8, 4) is 5.75 Å². The molecule has 0 aromatic heterocycles. The summed E-state index contributed by atoms with van der Waals surface area (Å²) in [6, 6.07) is 6.22. The maximum atomic E-state index is 6.56. The van der Waals surface area contributed by atoms with E-state index in [1.54, 1.807) is 7.11 Å². The Hall–Kier alpha value is -0.690. The zero-order valence-corrected chi connectivity index (χ0v) is 13.8. The summed E-state index contributed by atoms with van der Waals surface area (Å²) in [7, 11) is 1.70. The summed E-state index contributed by atoms with van der Waals surface area (Å²) in [6.07, 6.45) is 2.22. The van der Waals surface area contributed by atoms with Crippen molar-refractivity contribution in [2.75, 3.05) is 7.11 Å². The van der Waals surface area contributed by atoms with Gasteiger partial charge in [0.05, 0.1) is 12.5 Å². The molecule has 0 spiro atoms. The van der Waals surface area contributed by atoms with E-state index < -0.39 is 0 Å². The predicted octanol–water partition coefficient (Wildman–Crippen LogP) is 5.75. The molecule has 0 N–H and O–H groups in total. The SMILES string of the molecule is COc1ccc(C(Cl)CC(C)CC(C)(C)C)cc1C. The van der Waals surface area contributed by atoms with Crippen LogP contribution in [0.15, 0.2) is 18.2 Å². The number of hydrogen-bond donors (Lipinski definition) is 0. The number of benzene rings is 1. The van der Waals surface area contributed by atoms with Gasteiger partial charge in [0, 0.05) is 0 Å². The highest BCUT2D eigenvalue weighted by atomic mass is 35.5. The lowest BCUT2D eigenvalue weighted by atomic mass is 9.83. The van der Waals surface area contributed by atoms with Crippen LogP contribution in [0.2, 0.25) is 0 Å². The molecule has 2 unspecified atom stereocenters. The Morgan fingerprint density at radius 2 is 1.89 bits per heavy atom. The van der Waals surface area contributed by atoms with Crippen molar-refractivity contribution in [1.82, 2.24) is 0 Å². The molecule has 0 amide bonds. The Kier molecular flexibility index (Phi) is 5.73. The van der Waals surface area contributed by atoms with Crippen LogP contribution in [0.1, 0.15) is 57.0 Å². The molecule has 1 aromatic carbocycles. The minimum Gasteiger partial charge on any atom is -0.496 e. The molecule has 108 valence electrons. The molecule has 0 bridgehead atoms. The first kappa shape index (κ1) is 16.4. The summed E-state index contributed by atoms with van der Waals surface area (Å²) < 4.78 is 5.28. The molecule has 1 nitrogen and oxygen atoms in total. The minimum atomic E-state index is 0.0851. The van der Waals surface area contributed by atoms with E-state index >= 15 is 0 Å². The van der Waals surface area contributed by atoms with E-state index in [0.717, 1.165) is 17.7 Å². The standard InChI is InChI=1S/C17H27ClO/c1-12(11-17(3,4)5)9-15(18)14-7-8-16(19-6)13(2)10-14/h7-8,10,12,15H,9,11H2,1-6H3. The first-order chi connectivity index (χ1) is 8.73. The number of ether oxygens (including phenoxy) is 1. The Bertz CT molecular complexity index is 406. The quantitative estimate of drug-likeness (QED) is 0.625. The molecule has 0 radical (unpaired) electrons. The van der Waals surface area contributed by atoms with Crippen molar-refractivity contribution in [3.05, 3.63) is 29.3 Å². The van der Waals surface area contributed by atoms with E-state index in [1.807, 2.05) is 6.07 Å². The lowest BCUT2D eigenvalue weighted by molar-refractivity contribution is 0.295. The molecular formula is C17H27ClO. The number of rotatable bonds is 5. The fourth-order valence-corrected chi connectivity index (χ4v) is 3.15. The third-order valence-corrected chi connectivity index (χ3v) is 3.78. The van der Waals surface area contributed by atoms with E-state index in [9.17, 15) is 0 Å². The molecule has 2 atom stereocenters. The van der Waals surface area contributed by atoms with Gasteiger partial charge in [-0.3, -0.25) is 0 Å². The molecule has 2 heteroatoms. The molecule has 0 aliphatic rings. The van der Waals surface area contributed by atoms with Gasteiger partial charge in [-0.25, -0.2) is 0 Å². The second-order valence-electron chi connectivity index (χ2n) is 6.80. The highest BCUT2D eigenvalue weighted by Crippen LogP contribution is 2.35. The van der Waals surface area contributed by atoms with E-state index in [2.05, 4.69) is 46.8 Å². The van der Waals surface area contributed by atoms with Crippen LogP contribution < -0.4 is 4.74 Å². The Balaban J connectivity index is 2.68. The van der Waals surface area contributed by atoms with E-state index in [4.69, 9.17) is 16.3 Å². The summed E-state index contributed by atoms with van der Waals surface area (Å²) in [4.78, 5) is 0. The maximum Gasteiger partial charge on any atom is 0.121 e.